The van der Waals surface area contributed by atoms with Gasteiger partial charge in [-0.2, -0.15) is 0 Å². The first kappa shape index (κ1) is 23.3. The van der Waals surface area contributed by atoms with Gasteiger partial charge in [0, 0.05) is 13.1 Å². The summed E-state index contributed by atoms with van der Waals surface area (Å²) in [6, 6.07) is 22.9. The second-order valence-electron chi connectivity index (χ2n) is 6.70. The third-order valence-electron chi connectivity index (χ3n) is 4.37. The fraction of sp³-hybridized carbons (Fsp3) is 0.250. The van der Waals surface area contributed by atoms with Gasteiger partial charge in [0.25, 0.3) is 0 Å². The maximum absolute atomic E-state index is 6.08. The molecule has 0 amide bonds. The summed E-state index contributed by atoms with van der Waals surface area (Å²) in [7, 11) is 0. The Balaban J connectivity index is 0.00000300. The van der Waals surface area contributed by atoms with Crippen molar-refractivity contribution in [2.75, 3.05) is 6.61 Å². The highest BCUT2D eigenvalue weighted by Crippen LogP contribution is 2.37. The average Bonchev–Trinajstić information content (AvgIpc) is 2.70. The van der Waals surface area contributed by atoms with Crippen LogP contribution in [0.2, 0.25) is 0 Å². The maximum Gasteiger partial charge on any atom is 0.175 e. The Morgan fingerprint density at radius 2 is 1.52 bits per heavy atom. The van der Waals surface area contributed by atoms with E-state index in [2.05, 4.69) is 88.8 Å². The normalized spacial score (nSPS) is 10.3. The van der Waals surface area contributed by atoms with Gasteiger partial charge in [0.2, 0.25) is 0 Å². The predicted octanol–water partition coefficient (Wildman–Crippen LogP) is 6.45. The summed E-state index contributed by atoms with van der Waals surface area (Å²) in [5.74, 6) is 1.51. The standard InChI is InChI=1S/C24H26BrNO2.ClH/c1-3-27-23-14-21(16-26-15-19-7-5-4-6-8-19)13-22(25)24(23)28-17-20-11-9-18(2)10-12-20;/h4-14,26H,3,15-17H2,1-2H3;1H. The predicted molar refractivity (Wildman–Crippen MR) is 125 cm³/mol. The van der Waals surface area contributed by atoms with Gasteiger partial charge in [-0.15, -0.1) is 12.4 Å². The van der Waals surface area contributed by atoms with Crippen molar-refractivity contribution in [2.45, 2.75) is 33.5 Å². The molecule has 3 aromatic rings. The molecule has 5 heteroatoms. The molecule has 0 radical (unpaired) electrons. The summed E-state index contributed by atoms with van der Waals surface area (Å²) >= 11 is 3.66. The molecule has 0 atom stereocenters. The smallest absolute Gasteiger partial charge is 0.175 e. The van der Waals surface area contributed by atoms with Crippen molar-refractivity contribution in [3.8, 4) is 11.5 Å². The third kappa shape index (κ3) is 7.07. The topological polar surface area (TPSA) is 30.5 Å². The first-order valence-corrected chi connectivity index (χ1v) is 10.3. The van der Waals surface area contributed by atoms with Crippen molar-refractivity contribution in [3.63, 3.8) is 0 Å². The zero-order chi connectivity index (χ0) is 19.8. The van der Waals surface area contributed by atoms with E-state index in [1.807, 2.05) is 13.0 Å². The van der Waals surface area contributed by atoms with Crippen LogP contribution in [0.1, 0.15) is 29.2 Å². The van der Waals surface area contributed by atoms with Crippen LogP contribution in [0, 0.1) is 6.92 Å². The van der Waals surface area contributed by atoms with Gasteiger partial charge in [0.05, 0.1) is 11.1 Å². The van der Waals surface area contributed by atoms with Crippen LogP contribution in [0.3, 0.4) is 0 Å². The highest BCUT2D eigenvalue weighted by atomic mass is 79.9. The molecule has 0 aliphatic rings. The molecule has 154 valence electrons. The van der Waals surface area contributed by atoms with Crippen LogP contribution in [0.4, 0.5) is 0 Å². The molecule has 1 N–H and O–H groups in total. The van der Waals surface area contributed by atoms with Crippen LogP contribution in [0.5, 0.6) is 11.5 Å². The lowest BCUT2D eigenvalue weighted by Crippen LogP contribution is -2.13. The molecule has 0 fully saturated rings. The van der Waals surface area contributed by atoms with Gasteiger partial charge < -0.3 is 14.8 Å². The highest BCUT2D eigenvalue weighted by molar-refractivity contribution is 9.10. The van der Waals surface area contributed by atoms with E-state index in [0.717, 1.165) is 40.2 Å². The van der Waals surface area contributed by atoms with Crippen molar-refractivity contribution in [2.24, 2.45) is 0 Å². The van der Waals surface area contributed by atoms with Gasteiger partial charge >= 0.3 is 0 Å². The molecule has 0 aliphatic carbocycles. The Hall–Kier alpha value is -2.01. The molecule has 3 rings (SSSR count). The molecule has 0 aliphatic heterocycles. The molecule has 0 spiro atoms. The average molecular weight is 477 g/mol. The Morgan fingerprint density at radius 3 is 2.21 bits per heavy atom. The van der Waals surface area contributed by atoms with Crippen LogP contribution in [0.25, 0.3) is 0 Å². The number of halogens is 2. The number of ether oxygens (including phenoxy) is 2. The van der Waals surface area contributed by atoms with Crippen molar-refractivity contribution in [1.29, 1.82) is 0 Å². The maximum atomic E-state index is 6.08. The summed E-state index contributed by atoms with van der Waals surface area (Å²) in [5, 5.41) is 3.48. The minimum absolute atomic E-state index is 0. The van der Waals surface area contributed by atoms with Crippen molar-refractivity contribution >= 4 is 28.3 Å². The quantitative estimate of drug-likeness (QED) is 0.385. The van der Waals surface area contributed by atoms with Gasteiger partial charge in [0.15, 0.2) is 11.5 Å². The summed E-state index contributed by atoms with van der Waals surface area (Å²) in [5.41, 5.74) is 4.79. The van der Waals surface area contributed by atoms with Gasteiger partial charge in [0.1, 0.15) is 6.61 Å². The van der Waals surface area contributed by atoms with Crippen LogP contribution in [-0.4, -0.2) is 6.61 Å². The Labute approximate surface area is 188 Å². The van der Waals surface area contributed by atoms with Gasteiger partial charge in [-0.1, -0.05) is 60.2 Å². The van der Waals surface area contributed by atoms with Gasteiger partial charge in [-0.25, -0.2) is 0 Å². The van der Waals surface area contributed by atoms with Crippen LogP contribution in [0.15, 0.2) is 71.2 Å². The number of hydrogen-bond acceptors (Lipinski definition) is 3. The van der Waals surface area contributed by atoms with Gasteiger partial charge in [-0.3, -0.25) is 0 Å². The lowest BCUT2D eigenvalue weighted by atomic mass is 10.1. The van der Waals surface area contributed by atoms with E-state index < -0.39 is 0 Å². The molecular weight excluding hydrogens is 450 g/mol. The lowest BCUT2D eigenvalue weighted by Gasteiger charge is -2.16. The van der Waals surface area contributed by atoms with Crippen molar-refractivity contribution < 1.29 is 9.47 Å². The molecule has 0 unspecified atom stereocenters. The highest BCUT2D eigenvalue weighted by Gasteiger charge is 2.13. The molecule has 0 aromatic heterocycles. The molecule has 29 heavy (non-hydrogen) atoms. The number of hydrogen-bond donors (Lipinski definition) is 1. The van der Waals surface area contributed by atoms with E-state index in [-0.39, 0.29) is 12.4 Å². The minimum atomic E-state index is 0. The SMILES string of the molecule is CCOc1cc(CNCc2ccccc2)cc(Br)c1OCc1ccc(C)cc1.Cl. The lowest BCUT2D eigenvalue weighted by molar-refractivity contribution is 0.267. The Kier molecular flexibility index (Phi) is 9.52. The number of nitrogens with one attached hydrogen (secondary N) is 1. The summed E-state index contributed by atoms with van der Waals surface area (Å²) in [4.78, 5) is 0. The monoisotopic (exact) mass is 475 g/mol. The van der Waals surface area contributed by atoms with Crippen LogP contribution in [-0.2, 0) is 19.7 Å². The van der Waals surface area contributed by atoms with E-state index >= 15 is 0 Å². The van der Waals surface area contributed by atoms with E-state index in [4.69, 9.17) is 9.47 Å². The largest absolute Gasteiger partial charge is 0.490 e. The Bertz CT molecular complexity index is 885. The van der Waals surface area contributed by atoms with Crippen LogP contribution < -0.4 is 14.8 Å². The molecular formula is C24H27BrClNO2. The number of aryl methyl sites for hydroxylation is 1. The van der Waals surface area contributed by atoms with E-state index in [9.17, 15) is 0 Å². The van der Waals surface area contributed by atoms with Crippen molar-refractivity contribution in [3.05, 3.63) is 93.5 Å². The minimum Gasteiger partial charge on any atom is -0.490 e. The van der Waals surface area contributed by atoms with E-state index in [1.54, 1.807) is 0 Å². The van der Waals surface area contributed by atoms with Gasteiger partial charge in [-0.05, 0) is 58.6 Å². The Morgan fingerprint density at radius 1 is 0.828 bits per heavy atom. The molecule has 3 aromatic carbocycles. The summed E-state index contributed by atoms with van der Waals surface area (Å²) in [6.07, 6.45) is 0. The number of rotatable bonds is 9. The summed E-state index contributed by atoms with van der Waals surface area (Å²) < 4.78 is 12.8. The second kappa shape index (κ2) is 11.9. The first-order valence-electron chi connectivity index (χ1n) is 9.54. The van der Waals surface area contributed by atoms with E-state index in [0.29, 0.717) is 13.2 Å². The zero-order valence-electron chi connectivity index (χ0n) is 16.8. The van der Waals surface area contributed by atoms with Crippen molar-refractivity contribution in [1.82, 2.24) is 5.32 Å². The second-order valence-corrected chi connectivity index (χ2v) is 7.56. The number of benzene rings is 3. The molecule has 0 saturated carbocycles. The fourth-order valence-electron chi connectivity index (χ4n) is 2.91. The first-order chi connectivity index (χ1) is 13.7. The zero-order valence-corrected chi connectivity index (χ0v) is 19.2. The van der Waals surface area contributed by atoms with E-state index in [1.165, 1.54) is 11.1 Å². The molecule has 0 saturated heterocycles. The third-order valence-corrected chi connectivity index (χ3v) is 4.96. The summed E-state index contributed by atoms with van der Waals surface area (Å²) in [6.45, 7) is 6.75. The molecule has 0 heterocycles. The molecule has 3 nitrogen and oxygen atoms in total. The molecule has 0 bridgehead atoms. The van der Waals surface area contributed by atoms with Crippen LogP contribution >= 0.6 is 28.3 Å². The fourth-order valence-corrected chi connectivity index (χ4v) is 3.52.